The normalized spacial score (nSPS) is 11.6. The standard InChI is InChI=1S/C15H21N3O2S/c1-4-15(16,5-2)13(19)18-14-17-11-8-7-10(20-6-3)9-12(11)21-14/h7-9H,4-6,16H2,1-3H3,(H,17,18,19). The van der Waals surface area contributed by atoms with Gasteiger partial charge in [-0.1, -0.05) is 25.2 Å². The first-order valence-corrected chi connectivity index (χ1v) is 7.97. The van der Waals surface area contributed by atoms with Crippen molar-refractivity contribution in [2.24, 2.45) is 5.73 Å². The zero-order valence-electron chi connectivity index (χ0n) is 12.6. The molecule has 0 radical (unpaired) electrons. The minimum atomic E-state index is -0.839. The molecular weight excluding hydrogens is 286 g/mol. The molecule has 0 atom stereocenters. The fraction of sp³-hybridized carbons (Fsp3) is 0.467. The van der Waals surface area contributed by atoms with Gasteiger partial charge in [0, 0.05) is 0 Å². The number of nitrogens with one attached hydrogen (secondary N) is 1. The van der Waals surface area contributed by atoms with Crippen LogP contribution in [0.15, 0.2) is 18.2 Å². The van der Waals surface area contributed by atoms with Crippen LogP contribution in [0.4, 0.5) is 5.13 Å². The van der Waals surface area contributed by atoms with Crippen LogP contribution in [0.3, 0.4) is 0 Å². The molecule has 6 heteroatoms. The summed E-state index contributed by atoms with van der Waals surface area (Å²) in [6, 6.07) is 5.70. The number of benzene rings is 1. The van der Waals surface area contributed by atoms with Gasteiger partial charge in [0.15, 0.2) is 5.13 Å². The first-order valence-electron chi connectivity index (χ1n) is 7.16. The Hall–Kier alpha value is -1.66. The van der Waals surface area contributed by atoms with Gasteiger partial charge in [0.1, 0.15) is 5.75 Å². The van der Waals surface area contributed by atoms with Gasteiger partial charge in [-0.05, 0) is 38.0 Å². The number of hydrogen-bond acceptors (Lipinski definition) is 5. The van der Waals surface area contributed by atoms with E-state index in [1.807, 2.05) is 39.0 Å². The van der Waals surface area contributed by atoms with Gasteiger partial charge in [-0.2, -0.15) is 0 Å². The number of aromatic nitrogens is 1. The molecule has 0 aliphatic carbocycles. The molecule has 2 aromatic rings. The number of nitrogens with zero attached hydrogens (tertiary/aromatic N) is 1. The highest BCUT2D eigenvalue weighted by molar-refractivity contribution is 7.22. The topological polar surface area (TPSA) is 77.2 Å². The van der Waals surface area contributed by atoms with Crippen molar-refractivity contribution < 1.29 is 9.53 Å². The molecule has 0 unspecified atom stereocenters. The lowest BCUT2D eigenvalue weighted by molar-refractivity contribution is -0.121. The Labute approximate surface area is 128 Å². The van der Waals surface area contributed by atoms with E-state index < -0.39 is 5.54 Å². The molecule has 114 valence electrons. The molecule has 0 fully saturated rings. The molecule has 0 saturated heterocycles. The lowest BCUT2D eigenvalue weighted by Gasteiger charge is -2.24. The highest BCUT2D eigenvalue weighted by Gasteiger charge is 2.30. The maximum atomic E-state index is 12.2. The molecule has 1 aromatic heterocycles. The maximum Gasteiger partial charge on any atom is 0.246 e. The van der Waals surface area contributed by atoms with Crippen molar-refractivity contribution in [2.75, 3.05) is 11.9 Å². The predicted octanol–water partition coefficient (Wildman–Crippen LogP) is 3.15. The Balaban J connectivity index is 2.21. The lowest BCUT2D eigenvalue weighted by Crippen LogP contribution is -2.50. The molecule has 21 heavy (non-hydrogen) atoms. The minimum absolute atomic E-state index is 0.184. The summed E-state index contributed by atoms with van der Waals surface area (Å²) >= 11 is 1.42. The third kappa shape index (κ3) is 3.33. The molecule has 1 heterocycles. The number of amides is 1. The highest BCUT2D eigenvalue weighted by Crippen LogP contribution is 2.30. The van der Waals surface area contributed by atoms with E-state index in [2.05, 4.69) is 10.3 Å². The average Bonchev–Trinajstić information content (AvgIpc) is 2.88. The van der Waals surface area contributed by atoms with Crippen LogP contribution in [-0.2, 0) is 4.79 Å². The Morgan fingerprint density at radius 1 is 1.38 bits per heavy atom. The van der Waals surface area contributed by atoms with Gasteiger partial charge in [0.25, 0.3) is 0 Å². The number of ether oxygens (including phenoxy) is 1. The molecule has 3 N–H and O–H groups in total. The van der Waals surface area contributed by atoms with Crippen molar-refractivity contribution in [3.63, 3.8) is 0 Å². The number of carbonyl (C=O) groups is 1. The Morgan fingerprint density at radius 3 is 2.71 bits per heavy atom. The zero-order valence-corrected chi connectivity index (χ0v) is 13.4. The first kappa shape index (κ1) is 15.7. The monoisotopic (exact) mass is 307 g/mol. The second-order valence-corrected chi connectivity index (χ2v) is 5.93. The number of anilines is 1. The summed E-state index contributed by atoms with van der Waals surface area (Å²) in [5.74, 6) is 0.624. The van der Waals surface area contributed by atoms with Crippen LogP contribution in [0.2, 0.25) is 0 Å². The van der Waals surface area contributed by atoms with Gasteiger partial charge in [0.05, 0.1) is 22.4 Å². The largest absolute Gasteiger partial charge is 0.494 e. The second-order valence-electron chi connectivity index (χ2n) is 4.90. The van der Waals surface area contributed by atoms with Crippen molar-refractivity contribution in [3.05, 3.63) is 18.2 Å². The molecule has 0 saturated carbocycles. The molecule has 1 amide bonds. The van der Waals surface area contributed by atoms with E-state index in [1.54, 1.807) is 0 Å². The Kier molecular flexibility index (Phi) is 4.80. The van der Waals surface area contributed by atoms with Gasteiger partial charge >= 0.3 is 0 Å². The van der Waals surface area contributed by atoms with E-state index in [4.69, 9.17) is 10.5 Å². The molecule has 2 rings (SSSR count). The van der Waals surface area contributed by atoms with E-state index in [0.717, 1.165) is 16.0 Å². The number of fused-ring (bicyclic) bond motifs is 1. The number of rotatable bonds is 6. The van der Waals surface area contributed by atoms with Crippen LogP contribution in [-0.4, -0.2) is 23.0 Å². The van der Waals surface area contributed by atoms with Crippen molar-refractivity contribution in [3.8, 4) is 5.75 Å². The smallest absolute Gasteiger partial charge is 0.246 e. The first-order chi connectivity index (χ1) is 10.0. The predicted molar refractivity (Wildman–Crippen MR) is 86.9 cm³/mol. The average molecular weight is 307 g/mol. The van der Waals surface area contributed by atoms with Crippen LogP contribution in [0.5, 0.6) is 5.75 Å². The maximum absolute atomic E-state index is 12.2. The van der Waals surface area contributed by atoms with Crippen molar-refractivity contribution in [1.82, 2.24) is 4.98 Å². The number of thiazole rings is 1. The van der Waals surface area contributed by atoms with Gasteiger partial charge in [-0.15, -0.1) is 0 Å². The third-order valence-corrected chi connectivity index (χ3v) is 4.54. The van der Waals surface area contributed by atoms with Crippen LogP contribution in [0.1, 0.15) is 33.6 Å². The summed E-state index contributed by atoms with van der Waals surface area (Å²) in [5, 5.41) is 3.40. The van der Waals surface area contributed by atoms with Crippen molar-refractivity contribution in [1.29, 1.82) is 0 Å². The molecule has 0 aliphatic heterocycles. The van der Waals surface area contributed by atoms with E-state index in [0.29, 0.717) is 24.6 Å². The van der Waals surface area contributed by atoms with Crippen molar-refractivity contribution in [2.45, 2.75) is 39.2 Å². The van der Waals surface area contributed by atoms with E-state index in [9.17, 15) is 4.79 Å². The molecule has 5 nitrogen and oxygen atoms in total. The van der Waals surface area contributed by atoms with Crippen LogP contribution < -0.4 is 15.8 Å². The van der Waals surface area contributed by atoms with Crippen molar-refractivity contribution >= 4 is 32.6 Å². The minimum Gasteiger partial charge on any atom is -0.494 e. The van der Waals surface area contributed by atoms with E-state index in [-0.39, 0.29) is 5.91 Å². The van der Waals surface area contributed by atoms with Crippen LogP contribution in [0.25, 0.3) is 10.2 Å². The fourth-order valence-electron chi connectivity index (χ4n) is 2.01. The summed E-state index contributed by atoms with van der Waals surface area (Å²) in [7, 11) is 0. The summed E-state index contributed by atoms with van der Waals surface area (Å²) < 4.78 is 6.44. The summed E-state index contributed by atoms with van der Waals surface area (Å²) in [6.07, 6.45) is 1.18. The van der Waals surface area contributed by atoms with E-state index in [1.165, 1.54) is 11.3 Å². The summed E-state index contributed by atoms with van der Waals surface area (Å²) in [4.78, 5) is 16.7. The van der Waals surface area contributed by atoms with Gasteiger partial charge in [-0.25, -0.2) is 4.98 Å². The number of nitrogens with two attached hydrogens (primary N) is 1. The zero-order chi connectivity index (χ0) is 15.5. The number of hydrogen-bond donors (Lipinski definition) is 2. The number of carbonyl (C=O) groups excluding carboxylic acids is 1. The molecule has 0 spiro atoms. The second kappa shape index (κ2) is 6.41. The van der Waals surface area contributed by atoms with Crippen LogP contribution in [0, 0.1) is 0 Å². The van der Waals surface area contributed by atoms with Gasteiger partial charge in [-0.3, -0.25) is 4.79 Å². The molecule has 0 bridgehead atoms. The Morgan fingerprint density at radius 2 is 2.10 bits per heavy atom. The molecule has 1 aromatic carbocycles. The van der Waals surface area contributed by atoms with Crippen LogP contribution >= 0.6 is 11.3 Å². The highest BCUT2D eigenvalue weighted by atomic mass is 32.1. The summed E-state index contributed by atoms with van der Waals surface area (Å²) in [6.45, 7) is 6.39. The third-order valence-electron chi connectivity index (χ3n) is 3.61. The van der Waals surface area contributed by atoms with Gasteiger partial charge < -0.3 is 15.8 Å². The van der Waals surface area contributed by atoms with E-state index >= 15 is 0 Å². The molecular formula is C15H21N3O2S. The SMILES string of the molecule is CCOc1ccc2nc(NC(=O)C(N)(CC)CC)sc2c1. The van der Waals surface area contributed by atoms with Gasteiger partial charge in [0.2, 0.25) is 5.91 Å². The quantitative estimate of drug-likeness (QED) is 0.859. The lowest BCUT2D eigenvalue weighted by atomic mass is 9.93. The fourth-order valence-corrected chi connectivity index (χ4v) is 2.90. The summed E-state index contributed by atoms with van der Waals surface area (Å²) in [5.41, 5.74) is 6.09. The molecule has 0 aliphatic rings. The Bertz CT molecular complexity index is 635.